The third-order valence-electron chi connectivity index (χ3n) is 19.0. The van der Waals surface area contributed by atoms with Gasteiger partial charge in [-0.15, -0.1) is 0 Å². The Balaban J connectivity index is 1.02. The molecule has 0 bridgehead atoms. The lowest BCUT2D eigenvalue weighted by Gasteiger charge is -2.71. The molecular weight excluding hydrogens is 868 g/mol. The van der Waals surface area contributed by atoms with Crippen LogP contribution in [-0.4, -0.2) is 180 Å². The number of fused-ring (bicyclic) bond motifs is 7. The summed E-state index contributed by atoms with van der Waals surface area (Å²) < 4.78 is 35.3. The van der Waals surface area contributed by atoms with Crippen LogP contribution in [0, 0.1) is 50.2 Å². The van der Waals surface area contributed by atoms with Gasteiger partial charge in [0.1, 0.15) is 66.5 Å². The van der Waals surface area contributed by atoms with Gasteiger partial charge in [-0.2, -0.15) is 0 Å². The van der Waals surface area contributed by atoms with Crippen LogP contribution < -0.4 is 0 Å². The SMILES string of the molecule is CC1(C)CCC2(C(=O)O)C(O)CC3(C)C(=CCC4C5(C)CCC(OC6OC(C(=O)O)C(O)C(OC7OCC(O)C(O)C7OC7OC(CO)C(O)C(O)C7O)C6O)C(C)(C)C5CCC43C)C2C1. The molecule has 3 aliphatic heterocycles. The first kappa shape index (κ1) is 50.5. The van der Waals surface area contributed by atoms with E-state index < -0.39 is 140 Å². The molecule has 0 radical (unpaired) electrons. The highest BCUT2D eigenvalue weighted by atomic mass is 16.8. The van der Waals surface area contributed by atoms with E-state index in [0.29, 0.717) is 32.1 Å². The summed E-state index contributed by atoms with van der Waals surface area (Å²) >= 11 is 0. The number of aliphatic hydroxyl groups excluding tert-OH is 9. The molecule has 5 aliphatic carbocycles. The molecule has 19 nitrogen and oxygen atoms in total. The maximum Gasteiger partial charge on any atom is 0.335 e. The molecule has 66 heavy (non-hydrogen) atoms. The van der Waals surface area contributed by atoms with E-state index in [1.807, 2.05) is 0 Å². The van der Waals surface area contributed by atoms with Crippen LogP contribution in [0.5, 0.6) is 0 Å². The fourth-order valence-electron chi connectivity index (χ4n) is 14.9. The van der Waals surface area contributed by atoms with E-state index >= 15 is 0 Å². The Hall–Kier alpha value is -1.92. The fraction of sp³-hybridized carbons (Fsp3) is 0.915. The molecule has 11 N–H and O–H groups in total. The molecule has 8 aliphatic rings. The van der Waals surface area contributed by atoms with E-state index in [2.05, 4.69) is 54.5 Å². The minimum absolute atomic E-state index is 0.0677. The average Bonchev–Trinajstić information content (AvgIpc) is 3.23. The fourth-order valence-corrected chi connectivity index (χ4v) is 14.9. The molecule has 7 fully saturated rings. The second-order valence-corrected chi connectivity index (χ2v) is 23.2. The number of aliphatic carboxylic acids is 2. The van der Waals surface area contributed by atoms with Crippen molar-refractivity contribution in [1.82, 2.24) is 0 Å². The zero-order valence-corrected chi connectivity index (χ0v) is 39.0. The molecule has 3 saturated heterocycles. The molecule has 0 amide bonds. The van der Waals surface area contributed by atoms with E-state index in [1.165, 1.54) is 5.57 Å². The summed E-state index contributed by atoms with van der Waals surface area (Å²) in [6, 6.07) is 0. The van der Waals surface area contributed by atoms with Crippen molar-refractivity contribution in [3.8, 4) is 0 Å². The van der Waals surface area contributed by atoms with E-state index in [-0.39, 0.29) is 34.0 Å². The maximum atomic E-state index is 13.2. The zero-order valence-electron chi connectivity index (χ0n) is 39.0. The van der Waals surface area contributed by atoms with Crippen LogP contribution in [0.4, 0.5) is 0 Å². The van der Waals surface area contributed by atoms with Gasteiger partial charge in [-0.1, -0.05) is 60.1 Å². The first-order valence-electron chi connectivity index (χ1n) is 23.8. The molecule has 0 spiro atoms. The van der Waals surface area contributed by atoms with Crippen molar-refractivity contribution in [2.24, 2.45) is 50.2 Å². The van der Waals surface area contributed by atoms with Crippen LogP contribution >= 0.6 is 0 Å². The van der Waals surface area contributed by atoms with E-state index in [9.17, 15) is 65.8 Å². The summed E-state index contributed by atoms with van der Waals surface area (Å²) in [6.07, 6.45) is -18.4. The van der Waals surface area contributed by atoms with Crippen LogP contribution in [0.2, 0.25) is 0 Å². The summed E-state index contributed by atoms with van der Waals surface area (Å²) in [6.45, 7) is 14.2. The predicted octanol–water partition coefficient (Wildman–Crippen LogP) is 0.408. The molecule has 0 aromatic heterocycles. The topological polar surface area (TPSA) is 312 Å². The molecule has 23 atom stereocenters. The van der Waals surface area contributed by atoms with Gasteiger partial charge in [-0.3, -0.25) is 4.79 Å². The van der Waals surface area contributed by atoms with Gasteiger partial charge >= 0.3 is 11.9 Å². The number of carboxylic acid groups (broad SMARTS) is 2. The molecule has 0 aromatic rings. The lowest BCUT2D eigenvalue weighted by molar-refractivity contribution is -0.381. The zero-order chi connectivity index (χ0) is 48.4. The molecule has 0 aromatic carbocycles. The number of aliphatic hydroxyl groups is 9. The Morgan fingerprint density at radius 3 is 2.02 bits per heavy atom. The van der Waals surface area contributed by atoms with Crippen molar-refractivity contribution < 1.29 is 94.2 Å². The smallest absolute Gasteiger partial charge is 0.335 e. The van der Waals surface area contributed by atoms with Gasteiger partial charge in [0.2, 0.25) is 0 Å². The van der Waals surface area contributed by atoms with E-state index in [1.54, 1.807) is 0 Å². The van der Waals surface area contributed by atoms with Crippen molar-refractivity contribution in [1.29, 1.82) is 0 Å². The van der Waals surface area contributed by atoms with Crippen molar-refractivity contribution >= 4 is 11.9 Å². The van der Waals surface area contributed by atoms with Crippen LogP contribution in [0.3, 0.4) is 0 Å². The Bertz CT molecular complexity index is 1860. The number of hydrogen-bond acceptors (Lipinski definition) is 17. The third kappa shape index (κ3) is 7.64. The first-order chi connectivity index (χ1) is 30.7. The highest BCUT2D eigenvalue weighted by Gasteiger charge is 2.71. The van der Waals surface area contributed by atoms with Crippen molar-refractivity contribution in [2.45, 2.75) is 204 Å². The van der Waals surface area contributed by atoms with Gasteiger partial charge in [0, 0.05) is 0 Å². The lowest BCUT2D eigenvalue weighted by atomic mass is 9.33. The predicted molar refractivity (Wildman–Crippen MR) is 227 cm³/mol. The van der Waals surface area contributed by atoms with Crippen LogP contribution in [0.25, 0.3) is 0 Å². The van der Waals surface area contributed by atoms with Crippen LogP contribution in [-0.2, 0) is 38.0 Å². The minimum Gasteiger partial charge on any atom is -0.481 e. The monoisotopic (exact) mass is 942 g/mol. The van der Waals surface area contributed by atoms with Crippen molar-refractivity contribution in [2.75, 3.05) is 13.2 Å². The van der Waals surface area contributed by atoms with Gasteiger partial charge in [-0.05, 0) is 103 Å². The van der Waals surface area contributed by atoms with Crippen LogP contribution in [0.15, 0.2) is 11.6 Å². The van der Waals surface area contributed by atoms with Gasteiger partial charge in [-0.25, -0.2) is 4.79 Å². The van der Waals surface area contributed by atoms with Crippen molar-refractivity contribution in [3.05, 3.63) is 11.6 Å². The van der Waals surface area contributed by atoms with Gasteiger partial charge in [0.25, 0.3) is 0 Å². The van der Waals surface area contributed by atoms with Gasteiger partial charge in [0.15, 0.2) is 25.0 Å². The number of hydrogen-bond donors (Lipinski definition) is 11. The number of carbonyl (C=O) groups is 2. The second kappa shape index (κ2) is 17.4. The molecule has 19 heteroatoms. The Labute approximate surface area is 385 Å². The third-order valence-corrected chi connectivity index (χ3v) is 19.0. The Morgan fingerprint density at radius 1 is 0.697 bits per heavy atom. The molecule has 23 unspecified atom stereocenters. The van der Waals surface area contributed by atoms with Gasteiger partial charge < -0.3 is 84.6 Å². The van der Waals surface area contributed by atoms with Crippen molar-refractivity contribution in [3.63, 3.8) is 0 Å². The largest absolute Gasteiger partial charge is 0.481 e. The Kier molecular flexibility index (Phi) is 13.3. The molecule has 4 saturated carbocycles. The average molecular weight is 943 g/mol. The summed E-state index contributed by atoms with van der Waals surface area (Å²) in [4.78, 5) is 25.8. The van der Waals surface area contributed by atoms with E-state index in [4.69, 9.17) is 28.4 Å². The first-order valence-corrected chi connectivity index (χ1v) is 23.8. The highest BCUT2D eigenvalue weighted by molar-refractivity contribution is 5.77. The normalized spacial score (nSPS) is 53.3. The number of rotatable bonds is 9. The highest BCUT2D eigenvalue weighted by Crippen LogP contribution is 2.76. The van der Waals surface area contributed by atoms with Gasteiger partial charge in [0.05, 0.1) is 25.4 Å². The maximum absolute atomic E-state index is 13.2. The molecule has 3 heterocycles. The summed E-state index contributed by atoms with van der Waals surface area (Å²) in [5, 5.41) is 119. The summed E-state index contributed by atoms with van der Waals surface area (Å²) in [5.74, 6) is -2.54. The quantitative estimate of drug-likeness (QED) is 0.110. The molecular formula is C47H74O19. The Morgan fingerprint density at radius 2 is 1.36 bits per heavy atom. The minimum atomic E-state index is -2.03. The number of allylic oxidation sites excluding steroid dienone is 2. The second-order valence-electron chi connectivity index (χ2n) is 23.2. The lowest BCUT2D eigenvalue weighted by Crippen LogP contribution is -2.68. The van der Waals surface area contributed by atoms with Crippen LogP contribution in [0.1, 0.15) is 106 Å². The number of carboxylic acids is 2. The number of ether oxygens (including phenoxy) is 6. The van der Waals surface area contributed by atoms with E-state index in [0.717, 1.165) is 25.7 Å². The standard InChI is InChI=1S/C47H74O19/c1-42(2)14-15-47(41(59)60)21(16-42)20-8-9-25-44(5)12-11-27(43(3,4)24(44)10-13-45(25,6)46(20,7)17-26(47)50)63-39-33(56)34(32(55)35(65-39)37(57)58)64-40-36(28(51)22(49)19-61-40)66-38-31(54)30(53)29(52)23(18-48)62-38/h8,21-36,38-40,48-56H,9-19H2,1-7H3,(H,57,58)(H,59,60). The summed E-state index contributed by atoms with van der Waals surface area (Å²) in [5.41, 5.74) is -1.64. The summed E-state index contributed by atoms with van der Waals surface area (Å²) in [7, 11) is 0. The molecule has 8 rings (SSSR count). The molecule has 376 valence electrons.